The Bertz CT molecular complexity index is 336. The van der Waals surface area contributed by atoms with E-state index in [1.807, 2.05) is 13.0 Å². The first-order chi connectivity index (χ1) is 8.26. The predicted molar refractivity (Wildman–Crippen MR) is 64.3 cm³/mol. The van der Waals surface area contributed by atoms with Crippen LogP contribution in [0.3, 0.4) is 0 Å². The highest BCUT2D eigenvalue weighted by Crippen LogP contribution is 2.06. The molecule has 96 valence electrons. The predicted octanol–water partition coefficient (Wildman–Crippen LogP) is 0.778. The Kier molecular flexibility index (Phi) is 6.35. The summed E-state index contributed by atoms with van der Waals surface area (Å²) in [6.45, 7) is 3.86. The molecule has 0 aliphatic carbocycles. The van der Waals surface area contributed by atoms with E-state index in [0.717, 1.165) is 18.7 Å². The Morgan fingerprint density at radius 1 is 1.35 bits per heavy atom. The zero-order chi connectivity index (χ0) is 12.5. The van der Waals surface area contributed by atoms with Crippen LogP contribution in [-0.2, 0) is 17.9 Å². The Labute approximate surface area is 101 Å². The first-order valence-electron chi connectivity index (χ1n) is 5.92. The smallest absolute Gasteiger partial charge is 0.221 e. The van der Waals surface area contributed by atoms with Crippen LogP contribution in [0, 0.1) is 0 Å². The van der Waals surface area contributed by atoms with Crippen LogP contribution in [0.5, 0.6) is 0 Å². The lowest BCUT2D eigenvalue weighted by atomic mass is 10.3. The lowest BCUT2D eigenvalue weighted by Crippen LogP contribution is -2.27. The van der Waals surface area contributed by atoms with Gasteiger partial charge in [-0.3, -0.25) is 4.79 Å². The Balaban J connectivity index is 2.09. The van der Waals surface area contributed by atoms with Crippen LogP contribution in [0.1, 0.15) is 31.3 Å². The van der Waals surface area contributed by atoms with Crippen molar-refractivity contribution >= 4 is 5.91 Å². The normalized spacial score (nSPS) is 10.5. The van der Waals surface area contributed by atoms with Gasteiger partial charge in [0.1, 0.15) is 18.1 Å². The Hall–Kier alpha value is -1.33. The van der Waals surface area contributed by atoms with Crippen LogP contribution in [0.25, 0.3) is 0 Å². The van der Waals surface area contributed by atoms with E-state index in [-0.39, 0.29) is 12.5 Å². The van der Waals surface area contributed by atoms with Crippen molar-refractivity contribution in [2.45, 2.75) is 32.9 Å². The topological polar surface area (TPSA) is 74.5 Å². The summed E-state index contributed by atoms with van der Waals surface area (Å²) in [5.74, 6) is 1.39. The quantitative estimate of drug-likeness (QED) is 0.587. The molecule has 0 saturated heterocycles. The zero-order valence-electron chi connectivity index (χ0n) is 10.2. The van der Waals surface area contributed by atoms with Gasteiger partial charge < -0.3 is 20.2 Å². The van der Waals surface area contributed by atoms with E-state index in [9.17, 15) is 4.79 Å². The van der Waals surface area contributed by atoms with Crippen molar-refractivity contribution < 1.29 is 14.3 Å². The summed E-state index contributed by atoms with van der Waals surface area (Å²) in [7, 11) is 0. The van der Waals surface area contributed by atoms with Crippen molar-refractivity contribution in [2.75, 3.05) is 13.1 Å². The molecule has 0 unspecified atom stereocenters. The molecule has 0 atom stereocenters. The summed E-state index contributed by atoms with van der Waals surface area (Å²) in [6.07, 6.45) is 1.42. The molecule has 0 spiro atoms. The molecule has 5 nitrogen and oxygen atoms in total. The molecule has 0 bridgehead atoms. The SMILES string of the molecule is CCCNC(=O)CCNCc1ccc(CO)o1. The van der Waals surface area contributed by atoms with Crippen LogP contribution in [-0.4, -0.2) is 24.1 Å². The molecule has 0 saturated carbocycles. The second-order valence-electron chi connectivity index (χ2n) is 3.80. The number of aliphatic hydroxyl groups excluding tert-OH is 1. The van der Waals surface area contributed by atoms with Gasteiger partial charge >= 0.3 is 0 Å². The largest absolute Gasteiger partial charge is 0.462 e. The van der Waals surface area contributed by atoms with Crippen LogP contribution in [0.15, 0.2) is 16.5 Å². The number of amides is 1. The van der Waals surface area contributed by atoms with E-state index < -0.39 is 0 Å². The maximum atomic E-state index is 11.3. The Morgan fingerprint density at radius 2 is 2.12 bits per heavy atom. The third kappa shape index (κ3) is 5.51. The van der Waals surface area contributed by atoms with Crippen molar-refractivity contribution in [3.8, 4) is 0 Å². The maximum Gasteiger partial charge on any atom is 0.221 e. The van der Waals surface area contributed by atoms with Gasteiger partial charge in [-0.2, -0.15) is 0 Å². The molecule has 3 N–H and O–H groups in total. The van der Waals surface area contributed by atoms with Crippen LogP contribution in [0.4, 0.5) is 0 Å². The van der Waals surface area contributed by atoms with Gasteiger partial charge in [-0.05, 0) is 18.6 Å². The zero-order valence-corrected chi connectivity index (χ0v) is 10.2. The van der Waals surface area contributed by atoms with Crippen molar-refractivity contribution in [1.29, 1.82) is 0 Å². The van der Waals surface area contributed by atoms with E-state index >= 15 is 0 Å². The number of aliphatic hydroxyl groups is 1. The molecule has 1 heterocycles. The van der Waals surface area contributed by atoms with E-state index in [1.165, 1.54) is 0 Å². The third-order valence-electron chi connectivity index (χ3n) is 2.27. The van der Waals surface area contributed by atoms with Crippen LogP contribution < -0.4 is 10.6 Å². The summed E-state index contributed by atoms with van der Waals surface area (Å²) in [6, 6.07) is 3.56. The van der Waals surface area contributed by atoms with E-state index in [2.05, 4.69) is 10.6 Å². The standard InChI is InChI=1S/C12H20N2O3/c1-2-6-14-12(16)5-7-13-8-10-3-4-11(9-15)17-10/h3-4,13,15H,2,5-9H2,1H3,(H,14,16). The van der Waals surface area contributed by atoms with Gasteiger partial charge in [0.15, 0.2) is 0 Å². The summed E-state index contributed by atoms with van der Waals surface area (Å²) in [5.41, 5.74) is 0. The molecular formula is C12H20N2O3. The number of rotatable bonds is 8. The molecule has 1 aromatic heterocycles. The number of hydrogen-bond acceptors (Lipinski definition) is 4. The van der Waals surface area contributed by atoms with Gasteiger partial charge in [0.25, 0.3) is 0 Å². The number of carbonyl (C=O) groups is 1. The van der Waals surface area contributed by atoms with Crippen molar-refractivity contribution in [2.24, 2.45) is 0 Å². The maximum absolute atomic E-state index is 11.3. The fraction of sp³-hybridized carbons (Fsp3) is 0.583. The van der Waals surface area contributed by atoms with E-state index in [0.29, 0.717) is 25.3 Å². The molecule has 1 aromatic rings. The highest BCUT2D eigenvalue weighted by molar-refractivity contribution is 5.75. The van der Waals surface area contributed by atoms with Gasteiger partial charge in [0, 0.05) is 19.5 Å². The van der Waals surface area contributed by atoms with Crippen molar-refractivity contribution in [3.63, 3.8) is 0 Å². The summed E-state index contributed by atoms with van der Waals surface area (Å²) >= 11 is 0. The molecule has 0 fully saturated rings. The fourth-order valence-electron chi connectivity index (χ4n) is 1.37. The lowest BCUT2D eigenvalue weighted by molar-refractivity contribution is -0.120. The number of hydrogen-bond donors (Lipinski definition) is 3. The highest BCUT2D eigenvalue weighted by Gasteiger charge is 2.02. The molecule has 1 rings (SSSR count). The highest BCUT2D eigenvalue weighted by atomic mass is 16.4. The monoisotopic (exact) mass is 240 g/mol. The molecule has 17 heavy (non-hydrogen) atoms. The minimum atomic E-state index is -0.0839. The van der Waals surface area contributed by atoms with Gasteiger partial charge in [-0.15, -0.1) is 0 Å². The first kappa shape index (κ1) is 13.7. The minimum Gasteiger partial charge on any atom is -0.462 e. The van der Waals surface area contributed by atoms with Gasteiger partial charge in [-0.25, -0.2) is 0 Å². The van der Waals surface area contributed by atoms with Crippen molar-refractivity contribution in [3.05, 3.63) is 23.7 Å². The number of carbonyl (C=O) groups excluding carboxylic acids is 1. The lowest BCUT2D eigenvalue weighted by Gasteiger charge is -2.04. The number of furan rings is 1. The molecule has 0 aliphatic heterocycles. The average Bonchev–Trinajstić information content (AvgIpc) is 2.80. The molecular weight excluding hydrogens is 220 g/mol. The molecule has 0 radical (unpaired) electrons. The van der Waals surface area contributed by atoms with E-state index in [1.54, 1.807) is 6.07 Å². The number of nitrogens with one attached hydrogen (secondary N) is 2. The molecule has 0 aromatic carbocycles. The summed E-state index contributed by atoms with van der Waals surface area (Å²) in [5, 5.41) is 14.7. The van der Waals surface area contributed by atoms with E-state index in [4.69, 9.17) is 9.52 Å². The molecule has 1 amide bonds. The fourth-order valence-corrected chi connectivity index (χ4v) is 1.37. The second-order valence-corrected chi connectivity index (χ2v) is 3.80. The van der Waals surface area contributed by atoms with Crippen molar-refractivity contribution in [1.82, 2.24) is 10.6 Å². The average molecular weight is 240 g/mol. The van der Waals surface area contributed by atoms with Gasteiger partial charge in [0.05, 0.1) is 6.54 Å². The molecule has 0 aliphatic rings. The second kappa shape index (κ2) is 7.86. The first-order valence-corrected chi connectivity index (χ1v) is 5.92. The molecule has 5 heteroatoms. The van der Waals surface area contributed by atoms with Gasteiger partial charge in [0.2, 0.25) is 5.91 Å². The minimum absolute atomic E-state index is 0.0647. The van der Waals surface area contributed by atoms with Crippen LogP contribution in [0.2, 0.25) is 0 Å². The Morgan fingerprint density at radius 3 is 2.76 bits per heavy atom. The summed E-state index contributed by atoms with van der Waals surface area (Å²) in [4.78, 5) is 11.3. The van der Waals surface area contributed by atoms with Gasteiger partial charge in [-0.1, -0.05) is 6.92 Å². The third-order valence-corrected chi connectivity index (χ3v) is 2.27. The summed E-state index contributed by atoms with van der Waals surface area (Å²) < 4.78 is 5.29. The van der Waals surface area contributed by atoms with Crippen LogP contribution >= 0.6 is 0 Å².